The topological polar surface area (TPSA) is 91.0 Å². The van der Waals surface area contributed by atoms with Gasteiger partial charge in [-0.3, -0.25) is 19.6 Å². The van der Waals surface area contributed by atoms with Crippen molar-refractivity contribution in [1.29, 1.82) is 0 Å². The second-order valence-corrected chi connectivity index (χ2v) is 5.43. The molecule has 108 valence electrons. The first kappa shape index (κ1) is 13.2. The summed E-state index contributed by atoms with van der Waals surface area (Å²) < 4.78 is 0. The van der Waals surface area contributed by atoms with Gasteiger partial charge in [0.15, 0.2) is 0 Å². The van der Waals surface area contributed by atoms with Gasteiger partial charge in [-0.2, -0.15) is 5.10 Å². The first-order chi connectivity index (χ1) is 9.75. The fourth-order valence-electron chi connectivity index (χ4n) is 3.07. The normalized spacial score (nSPS) is 24.0. The Morgan fingerprint density at radius 1 is 1.35 bits per heavy atom. The quantitative estimate of drug-likeness (QED) is 0.740. The lowest BCUT2D eigenvalue weighted by Gasteiger charge is -2.22. The van der Waals surface area contributed by atoms with Crippen LogP contribution in [0.25, 0.3) is 0 Å². The molecule has 7 nitrogen and oxygen atoms in total. The number of nitrogens with one attached hydrogen (secondary N) is 2. The molecule has 2 amide bonds. The van der Waals surface area contributed by atoms with Gasteiger partial charge in [0, 0.05) is 19.0 Å². The van der Waals surface area contributed by atoms with Crippen molar-refractivity contribution < 1.29 is 9.59 Å². The first-order valence-electron chi connectivity index (χ1n) is 7.19. The fraction of sp³-hybridized carbons (Fsp3) is 0.692. The predicted octanol–water partition coefficient (Wildman–Crippen LogP) is 0.00690. The van der Waals surface area contributed by atoms with Gasteiger partial charge in [-0.1, -0.05) is 12.8 Å². The summed E-state index contributed by atoms with van der Waals surface area (Å²) in [7, 11) is 0. The molecule has 1 unspecified atom stereocenters. The van der Waals surface area contributed by atoms with E-state index in [2.05, 4.69) is 20.5 Å². The summed E-state index contributed by atoms with van der Waals surface area (Å²) in [4.78, 5) is 29.8. The molecule has 7 heteroatoms. The van der Waals surface area contributed by atoms with E-state index in [9.17, 15) is 9.59 Å². The molecule has 2 aliphatic rings. The van der Waals surface area contributed by atoms with Gasteiger partial charge >= 0.3 is 0 Å². The van der Waals surface area contributed by atoms with Crippen LogP contribution in [0, 0.1) is 0 Å². The maximum atomic E-state index is 12.3. The third kappa shape index (κ3) is 2.58. The van der Waals surface area contributed by atoms with E-state index in [-0.39, 0.29) is 30.3 Å². The van der Waals surface area contributed by atoms with E-state index < -0.39 is 0 Å². The SMILES string of the molecule is O=C1CC(NCCc2ncn[nH]2)C(=O)N1C1CCCC1. The average Bonchev–Trinajstić information content (AvgIpc) is 3.13. The van der Waals surface area contributed by atoms with Gasteiger partial charge < -0.3 is 5.32 Å². The van der Waals surface area contributed by atoms with E-state index in [0.717, 1.165) is 31.5 Å². The molecule has 1 aliphatic heterocycles. The Morgan fingerprint density at radius 3 is 2.85 bits per heavy atom. The molecular formula is C13H19N5O2. The molecule has 1 aromatic rings. The summed E-state index contributed by atoms with van der Waals surface area (Å²) in [5.74, 6) is 0.695. The maximum Gasteiger partial charge on any atom is 0.247 e. The molecule has 1 aliphatic carbocycles. The third-order valence-corrected chi connectivity index (χ3v) is 4.09. The zero-order valence-electron chi connectivity index (χ0n) is 11.3. The standard InChI is InChI=1S/C13H19N5O2/c19-12-7-10(14-6-5-11-15-8-16-17-11)13(20)18(12)9-3-1-2-4-9/h8-10,14H,1-7H2,(H,15,16,17). The molecule has 0 spiro atoms. The predicted molar refractivity (Wildman–Crippen MR) is 70.6 cm³/mol. The summed E-state index contributed by atoms with van der Waals surface area (Å²) in [6.07, 6.45) is 6.57. The number of amides is 2. The van der Waals surface area contributed by atoms with Crippen molar-refractivity contribution in [2.24, 2.45) is 0 Å². The lowest BCUT2D eigenvalue weighted by molar-refractivity contribution is -0.141. The average molecular weight is 277 g/mol. The van der Waals surface area contributed by atoms with Crippen molar-refractivity contribution in [2.75, 3.05) is 6.54 Å². The summed E-state index contributed by atoms with van der Waals surface area (Å²) in [6, 6.07) is -0.234. The van der Waals surface area contributed by atoms with Gasteiger partial charge in [0.25, 0.3) is 0 Å². The number of hydrogen-bond donors (Lipinski definition) is 2. The summed E-state index contributed by atoms with van der Waals surface area (Å²) in [5, 5.41) is 9.70. The summed E-state index contributed by atoms with van der Waals surface area (Å²) in [5.41, 5.74) is 0. The number of aromatic nitrogens is 3. The van der Waals surface area contributed by atoms with Crippen LogP contribution >= 0.6 is 0 Å². The fourth-order valence-corrected chi connectivity index (χ4v) is 3.07. The number of rotatable bonds is 5. The van der Waals surface area contributed by atoms with Gasteiger partial charge in [-0.25, -0.2) is 4.98 Å². The second-order valence-electron chi connectivity index (χ2n) is 5.43. The van der Waals surface area contributed by atoms with Crippen LogP contribution in [0.4, 0.5) is 0 Å². The van der Waals surface area contributed by atoms with E-state index in [1.165, 1.54) is 11.2 Å². The number of H-pyrrole nitrogens is 1. The van der Waals surface area contributed by atoms with Crippen molar-refractivity contribution in [3.05, 3.63) is 12.2 Å². The Morgan fingerprint density at radius 2 is 2.15 bits per heavy atom. The lowest BCUT2D eigenvalue weighted by Crippen LogP contribution is -2.43. The molecular weight excluding hydrogens is 258 g/mol. The minimum Gasteiger partial charge on any atom is -0.305 e. The zero-order chi connectivity index (χ0) is 13.9. The maximum absolute atomic E-state index is 12.3. The number of carbonyl (C=O) groups excluding carboxylic acids is 2. The number of nitrogens with zero attached hydrogens (tertiary/aromatic N) is 3. The van der Waals surface area contributed by atoms with Gasteiger partial charge in [-0.05, 0) is 12.8 Å². The molecule has 1 atom stereocenters. The molecule has 2 heterocycles. The molecule has 2 N–H and O–H groups in total. The van der Waals surface area contributed by atoms with Crippen molar-refractivity contribution in [2.45, 2.75) is 50.6 Å². The smallest absolute Gasteiger partial charge is 0.247 e. The lowest BCUT2D eigenvalue weighted by atomic mass is 10.2. The molecule has 3 rings (SSSR count). The number of likely N-dealkylation sites (tertiary alicyclic amines) is 1. The number of hydrogen-bond acceptors (Lipinski definition) is 5. The van der Waals surface area contributed by atoms with E-state index in [4.69, 9.17) is 0 Å². The third-order valence-electron chi connectivity index (χ3n) is 4.09. The number of carbonyl (C=O) groups is 2. The first-order valence-corrected chi connectivity index (χ1v) is 7.19. The number of imide groups is 1. The molecule has 1 saturated heterocycles. The summed E-state index contributed by atoms with van der Waals surface area (Å²) >= 11 is 0. The molecule has 2 fully saturated rings. The van der Waals surface area contributed by atoms with Crippen LogP contribution in [-0.2, 0) is 16.0 Å². The van der Waals surface area contributed by atoms with E-state index in [1.54, 1.807) is 0 Å². The Hall–Kier alpha value is -1.76. The highest BCUT2D eigenvalue weighted by atomic mass is 16.2. The van der Waals surface area contributed by atoms with Crippen LogP contribution in [0.15, 0.2) is 6.33 Å². The Labute approximate surface area is 117 Å². The van der Waals surface area contributed by atoms with Gasteiger partial charge in [-0.15, -0.1) is 0 Å². The zero-order valence-corrected chi connectivity index (χ0v) is 11.3. The van der Waals surface area contributed by atoms with Crippen LogP contribution < -0.4 is 5.32 Å². The van der Waals surface area contributed by atoms with Crippen molar-refractivity contribution >= 4 is 11.8 Å². The minimum absolute atomic E-state index is 0.0286. The van der Waals surface area contributed by atoms with E-state index in [1.807, 2.05) is 0 Å². The molecule has 0 bridgehead atoms. The molecule has 0 radical (unpaired) electrons. The molecule has 0 aromatic carbocycles. The molecule has 1 saturated carbocycles. The second kappa shape index (κ2) is 5.70. The van der Waals surface area contributed by atoms with Crippen LogP contribution in [0.3, 0.4) is 0 Å². The van der Waals surface area contributed by atoms with Crippen LogP contribution in [0.5, 0.6) is 0 Å². The number of aromatic amines is 1. The Bertz CT molecular complexity index is 481. The molecule has 20 heavy (non-hydrogen) atoms. The van der Waals surface area contributed by atoms with Crippen LogP contribution in [-0.4, -0.2) is 50.5 Å². The Kier molecular flexibility index (Phi) is 3.77. The highest BCUT2D eigenvalue weighted by Crippen LogP contribution is 2.28. The van der Waals surface area contributed by atoms with Crippen LogP contribution in [0.1, 0.15) is 37.9 Å². The molecule has 1 aromatic heterocycles. The highest BCUT2D eigenvalue weighted by Gasteiger charge is 2.42. The van der Waals surface area contributed by atoms with E-state index in [0.29, 0.717) is 13.0 Å². The Balaban J connectivity index is 1.53. The van der Waals surface area contributed by atoms with Gasteiger partial charge in [0.1, 0.15) is 12.2 Å². The van der Waals surface area contributed by atoms with E-state index >= 15 is 0 Å². The minimum atomic E-state index is -0.369. The van der Waals surface area contributed by atoms with Crippen molar-refractivity contribution in [3.8, 4) is 0 Å². The van der Waals surface area contributed by atoms with Crippen LogP contribution in [0.2, 0.25) is 0 Å². The monoisotopic (exact) mass is 277 g/mol. The van der Waals surface area contributed by atoms with Crippen molar-refractivity contribution in [3.63, 3.8) is 0 Å². The summed E-state index contributed by atoms with van der Waals surface area (Å²) in [6.45, 7) is 0.609. The van der Waals surface area contributed by atoms with Gasteiger partial charge in [0.05, 0.1) is 12.5 Å². The van der Waals surface area contributed by atoms with Gasteiger partial charge in [0.2, 0.25) is 11.8 Å². The highest BCUT2D eigenvalue weighted by molar-refractivity contribution is 6.05. The van der Waals surface area contributed by atoms with Crippen molar-refractivity contribution in [1.82, 2.24) is 25.4 Å². The largest absolute Gasteiger partial charge is 0.305 e.